The maximum Gasteiger partial charge on any atom is 0.150 e. The Morgan fingerprint density at radius 1 is 1.35 bits per heavy atom. The van der Waals surface area contributed by atoms with Crippen LogP contribution in [0.1, 0.15) is 6.42 Å². The summed E-state index contributed by atoms with van der Waals surface area (Å²) in [6, 6.07) is 5.64. The van der Waals surface area contributed by atoms with E-state index in [0.29, 0.717) is 11.7 Å². The number of hydrogen-bond acceptors (Lipinski definition) is 3. The van der Waals surface area contributed by atoms with E-state index in [0.717, 1.165) is 31.7 Å². The fourth-order valence-corrected chi connectivity index (χ4v) is 2.66. The highest BCUT2D eigenvalue weighted by Crippen LogP contribution is 2.35. The second kappa shape index (κ2) is 4.11. The Bertz CT molecular complexity index is 458. The van der Waals surface area contributed by atoms with Gasteiger partial charge in [-0.1, -0.05) is 6.07 Å². The molecule has 2 aliphatic rings. The van der Waals surface area contributed by atoms with E-state index in [-0.39, 0.29) is 5.82 Å². The Morgan fingerprint density at radius 3 is 3.12 bits per heavy atom. The molecule has 0 N–H and O–H groups in total. The maximum atomic E-state index is 13.7. The molecule has 1 fully saturated rings. The van der Waals surface area contributed by atoms with Crippen molar-refractivity contribution in [1.82, 2.24) is 4.90 Å². The molecule has 2 heterocycles. The summed E-state index contributed by atoms with van der Waals surface area (Å²) in [6.07, 6.45) is 2.74. The third-order valence-corrected chi connectivity index (χ3v) is 3.56. The van der Waals surface area contributed by atoms with Crippen LogP contribution in [0.25, 0.3) is 0 Å². The molecule has 0 aliphatic carbocycles. The van der Waals surface area contributed by atoms with Gasteiger partial charge in [0, 0.05) is 38.3 Å². The van der Waals surface area contributed by atoms with E-state index in [4.69, 9.17) is 0 Å². The summed E-state index contributed by atoms with van der Waals surface area (Å²) in [4.78, 5) is 8.89. The first kappa shape index (κ1) is 10.7. The predicted octanol–water partition coefficient (Wildman–Crippen LogP) is 2.05. The molecule has 0 amide bonds. The zero-order valence-electron chi connectivity index (χ0n) is 9.93. The number of halogens is 1. The van der Waals surface area contributed by atoms with Gasteiger partial charge in [-0.2, -0.15) is 0 Å². The van der Waals surface area contributed by atoms with Crippen LogP contribution in [0.5, 0.6) is 0 Å². The summed E-state index contributed by atoms with van der Waals surface area (Å²) in [5, 5.41) is 0. The molecule has 1 atom stereocenters. The molecule has 1 saturated heterocycles. The number of anilines is 1. The average molecular weight is 233 g/mol. The molecule has 1 aromatic carbocycles. The van der Waals surface area contributed by atoms with Gasteiger partial charge in [-0.25, -0.2) is 4.39 Å². The Morgan fingerprint density at radius 2 is 2.24 bits per heavy atom. The number of piperazine rings is 1. The van der Waals surface area contributed by atoms with Gasteiger partial charge >= 0.3 is 0 Å². The van der Waals surface area contributed by atoms with Gasteiger partial charge in [0.25, 0.3) is 0 Å². The van der Waals surface area contributed by atoms with Crippen molar-refractivity contribution in [1.29, 1.82) is 0 Å². The van der Waals surface area contributed by atoms with Gasteiger partial charge in [0.2, 0.25) is 0 Å². The van der Waals surface area contributed by atoms with Crippen molar-refractivity contribution in [3.63, 3.8) is 0 Å². The minimum atomic E-state index is -0.224. The van der Waals surface area contributed by atoms with E-state index in [1.807, 2.05) is 12.3 Å². The van der Waals surface area contributed by atoms with E-state index >= 15 is 0 Å². The summed E-state index contributed by atoms with van der Waals surface area (Å²) >= 11 is 0. The van der Waals surface area contributed by atoms with E-state index in [2.05, 4.69) is 21.8 Å². The Balaban J connectivity index is 2.04. The van der Waals surface area contributed by atoms with Gasteiger partial charge < -0.3 is 9.80 Å². The van der Waals surface area contributed by atoms with Crippen LogP contribution in [0.2, 0.25) is 0 Å². The minimum Gasteiger partial charge on any atom is -0.364 e. The van der Waals surface area contributed by atoms with E-state index in [1.165, 1.54) is 6.07 Å². The second-order valence-corrected chi connectivity index (χ2v) is 4.76. The first-order valence-electron chi connectivity index (χ1n) is 6.02. The third-order valence-electron chi connectivity index (χ3n) is 3.56. The Kier molecular flexibility index (Phi) is 2.59. The van der Waals surface area contributed by atoms with Gasteiger partial charge in [-0.3, -0.25) is 4.99 Å². The van der Waals surface area contributed by atoms with E-state index < -0.39 is 0 Å². The summed E-state index contributed by atoms with van der Waals surface area (Å²) in [5.41, 5.74) is 1.44. The van der Waals surface area contributed by atoms with Gasteiger partial charge in [0.15, 0.2) is 5.82 Å². The highest BCUT2D eigenvalue weighted by Gasteiger charge is 2.28. The van der Waals surface area contributed by atoms with Crippen LogP contribution in [0.4, 0.5) is 15.8 Å². The predicted molar refractivity (Wildman–Crippen MR) is 67.8 cm³/mol. The number of likely N-dealkylation sites (N-methyl/N-ethyl adjacent to an activating group) is 1. The van der Waals surface area contributed by atoms with Gasteiger partial charge in [0.05, 0.1) is 5.69 Å². The summed E-state index contributed by atoms with van der Waals surface area (Å²) in [7, 11) is 2.13. The molecule has 0 unspecified atom stereocenters. The Hall–Kier alpha value is -1.42. The highest BCUT2D eigenvalue weighted by atomic mass is 19.1. The largest absolute Gasteiger partial charge is 0.364 e. The lowest BCUT2D eigenvalue weighted by molar-refractivity contribution is 0.271. The van der Waals surface area contributed by atoms with Crippen molar-refractivity contribution in [3.8, 4) is 0 Å². The lowest BCUT2D eigenvalue weighted by Gasteiger charge is -2.40. The molecule has 4 heteroatoms. The molecule has 17 heavy (non-hydrogen) atoms. The van der Waals surface area contributed by atoms with E-state index in [1.54, 1.807) is 6.07 Å². The van der Waals surface area contributed by atoms with Crippen LogP contribution >= 0.6 is 0 Å². The third kappa shape index (κ3) is 1.82. The number of rotatable bonds is 0. The standard InChI is InChI=1S/C13H16FN3/c1-16-7-8-17-10(9-16)5-6-15-13-11(14)3-2-4-12(13)17/h2-4,6,10H,5,7-9H2,1H3/t10-/m0/s1. The quantitative estimate of drug-likeness (QED) is 0.683. The van der Waals surface area contributed by atoms with Gasteiger partial charge in [-0.15, -0.1) is 0 Å². The van der Waals surface area contributed by atoms with E-state index in [9.17, 15) is 4.39 Å². The summed E-state index contributed by atoms with van der Waals surface area (Å²) < 4.78 is 13.7. The molecule has 0 saturated carbocycles. The number of nitrogens with zero attached hydrogens (tertiary/aromatic N) is 3. The number of hydrogen-bond donors (Lipinski definition) is 0. The molecule has 1 aromatic rings. The fourth-order valence-electron chi connectivity index (χ4n) is 2.66. The van der Waals surface area contributed by atoms with Crippen LogP contribution in [-0.4, -0.2) is 43.8 Å². The first-order chi connectivity index (χ1) is 8.25. The molecular formula is C13H16FN3. The SMILES string of the molecule is CN1CCN2c3cccc(F)c3N=CC[C@H]2C1. The monoisotopic (exact) mass is 233 g/mol. The zero-order chi connectivity index (χ0) is 11.8. The average Bonchev–Trinajstić information content (AvgIpc) is 2.49. The van der Waals surface area contributed by atoms with Crippen LogP contribution < -0.4 is 4.90 Å². The maximum absolute atomic E-state index is 13.7. The van der Waals surface area contributed by atoms with Crippen LogP contribution in [-0.2, 0) is 0 Å². The fraction of sp³-hybridized carbons (Fsp3) is 0.462. The minimum absolute atomic E-state index is 0.224. The lowest BCUT2D eigenvalue weighted by Crippen LogP contribution is -2.51. The lowest BCUT2D eigenvalue weighted by atomic mass is 10.1. The highest BCUT2D eigenvalue weighted by molar-refractivity contribution is 5.77. The number of benzene rings is 1. The molecule has 2 aliphatic heterocycles. The second-order valence-electron chi connectivity index (χ2n) is 4.76. The van der Waals surface area contributed by atoms with Crippen molar-refractivity contribution in [2.45, 2.75) is 12.5 Å². The molecular weight excluding hydrogens is 217 g/mol. The molecule has 90 valence electrons. The van der Waals surface area contributed by atoms with Crippen molar-refractivity contribution in [3.05, 3.63) is 24.0 Å². The molecule has 3 rings (SSSR count). The molecule has 0 bridgehead atoms. The van der Waals surface area contributed by atoms with Gasteiger partial charge in [0.1, 0.15) is 5.69 Å². The summed E-state index contributed by atoms with van der Waals surface area (Å²) in [5.74, 6) is -0.224. The normalized spacial score (nSPS) is 24.1. The Labute approximate surface area is 101 Å². The van der Waals surface area contributed by atoms with Crippen LogP contribution in [0.3, 0.4) is 0 Å². The van der Waals surface area contributed by atoms with Crippen LogP contribution in [0, 0.1) is 5.82 Å². The van der Waals surface area contributed by atoms with Crippen LogP contribution in [0.15, 0.2) is 23.2 Å². The van der Waals surface area contributed by atoms with Crippen molar-refractivity contribution in [2.24, 2.45) is 4.99 Å². The smallest absolute Gasteiger partial charge is 0.150 e. The van der Waals surface area contributed by atoms with Crippen molar-refractivity contribution in [2.75, 3.05) is 31.6 Å². The molecule has 0 spiro atoms. The summed E-state index contributed by atoms with van der Waals surface area (Å²) in [6.45, 7) is 2.98. The number of para-hydroxylation sites is 1. The zero-order valence-corrected chi connectivity index (χ0v) is 9.93. The van der Waals surface area contributed by atoms with Crippen molar-refractivity contribution >= 4 is 17.6 Å². The topological polar surface area (TPSA) is 18.8 Å². The first-order valence-corrected chi connectivity index (χ1v) is 6.02. The molecule has 0 radical (unpaired) electrons. The molecule has 0 aromatic heterocycles. The van der Waals surface area contributed by atoms with Gasteiger partial charge in [-0.05, 0) is 19.2 Å². The molecule has 3 nitrogen and oxygen atoms in total. The number of aliphatic imine (C=N–C) groups is 1. The number of fused-ring (bicyclic) bond motifs is 3. The van der Waals surface area contributed by atoms with Crippen molar-refractivity contribution < 1.29 is 4.39 Å².